The third-order valence-electron chi connectivity index (χ3n) is 7.94. The van der Waals surface area contributed by atoms with E-state index < -0.39 is 11.6 Å². The fraction of sp³-hybridized carbons (Fsp3) is 0.344. The van der Waals surface area contributed by atoms with Crippen molar-refractivity contribution >= 4 is 39.9 Å². The summed E-state index contributed by atoms with van der Waals surface area (Å²) < 4.78 is 49.8. The average Bonchev–Trinajstić information content (AvgIpc) is 3.86. The number of aromatic nitrogens is 7. The van der Waals surface area contributed by atoms with Gasteiger partial charge >= 0.3 is 0 Å². The Labute approximate surface area is 273 Å². The zero-order valence-corrected chi connectivity index (χ0v) is 26.8. The molecule has 0 atom stereocenters. The van der Waals surface area contributed by atoms with Crippen molar-refractivity contribution in [1.82, 2.24) is 34.1 Å². The smallest absolute Gasteiger partial charge is 0.232 e. The molecule has 0 bridgehead atoms. The molecular formula is C32H33F2N9O3S. The second-order valence-electron chi connectivity index (χ2n) is 11.0. The number of anilines is 2. The monoisotopic (exact) mass is 661 g/mol. The molecule has 0 amide bonds. The third kappa shape index (κ3) is 6.21. The first kappa shape index (κ1) is 30.9. The van der Waals surface area contributed by atoms with Gasteiger partial charge in [-0.2, -0.15) is 19.6 Å². The summed E-state index contributed by atoms with van der Waals surface area (Å²) in [7, 11) is 1.62. The van der Waals surface area contributed by atoms with E-state index in [9.17, 15) is 4.39 Å². The van der Waals surface area contributed by atoms with Gasteiger partial charge in [0, 0.05) is 32.4 Å². The average molecular weight is 662 g/mol. The highest BCUT2D eigenvalue weighted by Gasteiger charge is 2.26. The number of thiazole rings is 1. The number of halogens is 2. The predicted molar refractivity (Wildman–Crippen MR) is 174 cm³/mol. The lowest BCUT2D eigenvalue weighted by molar-refractivity contribution is 0.0781. The lowest BCUT2D eigenvalue weighted by Crippen LogP contribution is -2.38. The highest BCUT2D eigenvalue weighted by atomic mass is 32.1. The largest absolute Gasteiger partial charge is 0.497 e. The summed E-state index contributed by atoms with van der Waals surface area (Å²) in [5.74, 6) is 0.284. The van der Waals surface area contributed by atoms with E-state index in [4.69, 9.17) is 29.3 Å². The molecule has 47 heavy (non-hydrogen) atoms. The number of hydrogen-bond acceptors (Lipinski definition) is 11. The maximum absolute atomic E-state index is 15.1. The molecule has 1 saturated heterocycles. The van der Waals surface area contributed by atoms with E-state index in [0.29, 0.717) is 68.3 Å². The minimum Gasteiger partial charge on any atom is -0.497 e. The normalized spacial score (nSPS) is 13.6. The van der Waals surface area contributed by atoms with Crippen molar-refractivity contribution in [2.45, 2.75) is 33.2 Å². The van der Waals surface area contributed by atoms with E-state index in [0.717, 1.165) is 34.2 Å². The van der Waals surface area contributed by atoms with Gasteiger partial charge in [0.25, 0.3) is 0 Å². The van der Waals surface area contributed by atoms with Crippen molar-refractivity contribution in [3.05, 3.63) is 77.3 Å². The summed E-state index contributed by atoms with van der Waals surface area (Å²) in [5, 5.41) is 4.75. The molecule has 0 N–H and O–H groups in total. The molecule has 2 aromatic carbocycles. The number of hydrogen-bond donors (Lipinski definition) is 0. The Morgan fingerprint density at radius 1 is 1.00 bits per heavy atom. The Bertz CT molecular complexity index is 1980. The topological polar surface area (TPSA) is 108 Å². The van der Waals surface area contributed by atoms with Crippen LogP contribution in [0.1, 0.15) is 24.7 Å². The molecular weight excluding hydrogens is 628 g/mol. The summed E-state index contributed by atoms with van der Waals surface area (Å²) in [4.78, 5) is 24.0. The first-order valence-corrected chi connectivity index (χ1v) is 16.2. The Kier molecular flexibility index (Phi) is 8.91. The summed E-state index contributed by atoms with van der Waals surface area (Å²) in [6.45, 7) is 5.56. The zero-order chi connectivity index (χ0) is 32.3. The van der Waals surface area contributed by atoms with Crippen LogP contribution in [0.25, 0.3) is 27.1 Å². The molecule has 0 aliphatic carbocycles. The van der Waals surface area contributed by atoms with E-state index in [1.54, 1.807) is 34.1 Å². The summed E-state index contributed by atoms with van der Waals surface area (Å²) in [6, 6.07) is 10.4. The highest BCUT2D eigenvalue weighted by molar-refractivity contribution is 7.13. The molecule has 244 valence electrons. The van der Waals surface area contributed by atoms with Crippen molar-refractivity contribution < 1.29 is 23.0 Å². The fourth-order valence-corrected chi connectivity index (χ4v) is 6.18. The van der Waals surface area contributed by atoms with Gasteiger partial charge in [0.2, 0.25) is 11.9 Å². The van der Waals surface area contributed by atoms with Crippen molar-refractivity contribution in [3.8, 4) is 16.2 Å². The Hall–Kier alpha value is -4.73. The number of morpholine rings is 1. The van der Waals surface area contributed by atoms with Crippen LogP contribution in [0.5, 0.6) is 5.75 Å². The molecule has 5 heterocycles. The van der Waals surface area contributed by atoms with Gasteiger partial charge in [0.15, 0.2) is 17.3 Å². The molecule has 0 spiro atoms. The van der Waals surface area contributed by atoms with Crippen LogP contribution >= 0.6 is 11.3 Å². The highest BCUT2D eigenvalue weighted by Crippen LogP contribution is 2.32. The summed E-state index contributed by atoms with van der Waals surface area (Å²) in [5.41, 5.74) is 4.56. The van der Waals surface area contributed by atoms with Crippen LogP contribution in [0, 0.1) is 11.6 Å². The van der Waals surface area contributed by atoms with Crippen LogP contribution in [0.15, 0.2) is 54.3 Å². The van der Waals surface area contributed by atoms with Crippen LogP contribution in [0.3, 0.4) is 0 Å². The first-order valence-electron chi connectivity index (χ1n) is 15.3. The van der Waals surface area contributed by atoms with E-state index in [2.05, 4.69) is 14.9 Å². The third-order valence-corrected chi connectivity index (χ3v) is 8.74. The number of benzene rings is 2. The van der Waals surface area contributed by atoms with Crippen molar-refractivity contribution in [1.29, 1.82) is 0 Å². The van der Waals surface area contributed by atoms with Crippen LogP contribution in [-0.2, 0) is 29.3 Å². The minimum atomic E-state index is -1.000. The van der Waals surface area contributed by atoms with Crippen LogP contribution in [0.2, 0.25) is 0 Å². The lowest BCUT2D eigenvalue weighted by atomic mass is 10.2. The molecule has 7 rings (SSSR count). The summed E-state index contributed by atoms with van der Waals surface area (Å²) in [6.07, 6.45) is 4.36. The molecule has 12 nitrogen and oxygen atoms in total. The Morgan fingerprint density at radius 2 is 1.83 bits per heavy atom. The summed E-state index contributed by atoms with van der Waals surface area (Å²) >= 11 is 1.50. The van der Waals surface area contributed by atoms with Gasteiger partial charge in [-0.1, -0.05) is 19.1 Å². The molecule has 0 saturated carbocycles. The van der Waals surface area contributed by atoms with Gasteiger partial charge in [-0.3, -0.25) is 4.98 Å². The van der Waals surface area contributed by atoms with Gasteiger partial charge in [-0.05, 0) is 36.2 Å². The van der Waals surface area contributed by atoms with Crippen LogP contribution in [-0.4, -0.2) is 74.1 Å². The van der Waals surface area contributed by atoms with Gasteiger partial charge < -0.3 is 28.6 Å². The van der Waals surface area contributed by atoms with Crippen molar-refractivity contribution in [3.63, 3.8) is 0 Å². The second kappa shape index (κ2) is 13.6. The molecule has 1 aliphatic heterocycles. The zero-order valence-electron chi connectivity index (χ0n) is 26.0. The molecule has 0 radical (unpaired) electrons. The maximum Gasteiger partial charge on any atom is 0.232 e. The standard InChI is InChI=1S/C32H33F2N9O3S/c1-3-12-46-20-42-25-9-8-24(33)28(34)29(25)37-27(42)18-41(17-21-4-6-22(44-2)7-5-21)32-39-31(40-10-13-45-14-11-40)38-30-23(15-36-43(30)32)26-16-35-19-47-26/h4-9,15-16,19H,3,10-14,17-18,20H2,1-2H3. The first-order chi connectivity index (χ1) is 23.0. The fourth-order valence-electron chi connectivity index (χ4n) is 5.55. The number of fused-ring (bicyclic) bond motifs is 2. The molecule has 4 aromatic heterocycles. The van der Waals surface area contributed by atoms with E-state index in [-0.39, 0.29) is 18.8 Å². The Morgan fingerprint density at radius 3 is 2.57 bits per heavy atom. The van der Waals surface area contributed by atoms with E-state index >= 15 is 4.39 Å². The van der Waals surface area contributed by atoms with E-state index in [1.165, 1.54) is 17.4 Å². The van der Waals surface area contributed by atoms with Crippen molar-refractivity contribution in [2.24, 2.45) is 0 Å². The lowest BCUT2D eigenvalue weighted by Gasteiger charge is -2.29. The van der Waals surface area contributed by atoms with Gasteiger partial charge in [0.05, 0.1) is 54.5 Å². The predicted octanol–water partition coefficient (Wildman–Crippen LogP) is 5.31. The number of nitrogens with zero attached hydrogens (tertiary/aromatic N) is 9. The SMILES string of the molecule is CCCOCn1c(CN(Cc2ccc(OC)cc2)c2nc(N3CCOCC3)nc3c(-c4cncs4)cnn23)nc2c(F)c(F)ccc21. The molecule has 1 aliphatic rings. The van der Waals surface area contributed by atoms with Gasteiger partial charge in [-0.25, -0.2) is 13.8 Å². The number of rotatable bonds is 12. The van der Waals surface area contributed by atoms with Gasteiger partial charge in [0.1, 0.15) is 23.8 Å². The minimum absolute atomic E-state index is 0.0575. The number of ether oxygens (including phenoxy) is 3. The molecule has 0 unspecified atom stereocenters. The van der Waals surface area contributed by atoms with Crippen molar-refractivity contribution in [2.75, 3.05) is 49.8 Å². The molecule has 6 aromatic rings. The second-order valence-corrected chi connectivity index (χ2v) is 11.9. The molecule has 1 fully saturated rings. The molecule has 15 heteroatoms. The van der Waals surface area contributed by atoms with Crippen LogP contribution < -0.4 is 14.5 Å². The van der Waals surface area contributed by atoms with Crippen LogP contribution in [0.4, 0.5) is 20.7 Å². The Balaban J connectivity index is 1.39. The number of methoxy groups -OCH3 is 1. The quantitative estimate of drug-likeness (QED) is 0.160. The number of imidazole rings is 1. The maximum atomic E-state index is 15.1. The van der Waals surface area contributed by atoms with E-state index in [1.807, 2.05) is 36.1 Å². The van der Waals surface area contributed by atoms with Gasteiger partial charge in [-0.15, -0.1) is 11.3 Å².